The maximum Gasteiger partial charge on any atom is 0.307 e. The molecular formula is C26H28N4O3. The average Bonchev–Trinajstić information content (AvgIpc) is 3.19. The third kappa shape index (κ3) is 5.88. The van der Waals surface area contributed by atoms with Gasteiger partial charge in [-0.15, -0.1) is 0 Å². The number of aromatic amines is 1. The van der Waals surface area contributed by atoms with E-state index in [0.29, 0.717) is 12.6 Å². The van der Waals surface area contributed by atoms with Crippen molar-refractivity contribution in [2.24, 2.45) is 0 Å². The van der Waals surface area contributed by atoms with Gasteiger partial charge in [-0.1, -0.05) is 29.8 Å². The van der Waals surface area contributed by atoms with Crippen molar-refractivity contribution < 1.29 is 14.6 Å². The van der Waals surface area contributed by atoms with Gasteiger partial charge in [-0.25, -0.2) is 9.97 Å². The minimum atomic E-state index is -0.853. The topological polar surface area (TPSA) is 91.3 Å². The summed E-state index contributed by atoms with van der Waals surface area (Å²) in [7, 11) is 0. The molecule has 0 aliphatic rings. The molecule has 170 valence electrons. The lowest BCUT2D eigenvalue weighted by Crippen LogP contribution is -2.27. The second-order valence-electron chi connectivity index (χ2n) is 8.26. The van der Waals surface area contributed by atoms with Crippen LogP contribution in [-0.2, 0) is 17.8 Å². The fourth-order valence-corrected chi connectivity index (χ4v) is 3.71. The van der Waals surface area contributed by atoms with Gasteiger partial charge >= 0.3 is 5.97 Å². The summed E-state index contributed by atoms with van der Waals surface area (Å²) >= 11 is 0. The maximum absolute atomic E-state index is 11.1. The molecule has 0 amide bonds. The van der Waals surface area contributed by atoms with E-state index in [0.717, 1.165) is 47.3 Å². The van der Waals surface area contributed by atoms with Crippen LogP contribution in [-0.4, -0.2) is 39.2 Å². The Hall–Kier alpha value is -3.87. The minimum absolute atomic E-state index is 0.0199. The highest BCUT2D eigenvalue weighted by atomic mass is 16.5. The minimum Gasteiger partial charge on any atom is -0.494 e. The van der Waals surface area contributed by atoms with Crippen LogP contribution in [0.2, 0.25) is 0 Å². The van der Waals surface area contributed by atoms with Gasteiger partial charge < -0.3 is 19.7 Å². The van der Waals surface area contributed by atoms with Crippen LogP contribution < -0.4 is 9.64 Å². The fourth-order valence-electron chi connectivity index (χ4n) is 3.71. The number of ether oxygens (including phenoxy) is 1. The number of H-pyrrole nitrogens is 1. The number of aryl methyl sites for hydroxylation is 2. The van der Waals surface area contributed by atoms with E-state index in [2.05, 4.69) is 51.0 Å². The van der Waals surface area contributed by atoms with Gasteiger partial charge in [0.05, 0.1) is 13.0 Å². The SMILES string of the molecule is Cc1ccc(CN(CCCOc2ccc3[nH]cc(CC(=O)O)c3c2)c2ncc(C)cn2)cc1. The smallest absolute Gasteiger partial charge is 0.307 e. The summed E-state index contributed by atoms with van der Waals surface area (Å²) in [4.78, 5) is 25.4. The number of nitrogens with zero attached hydrogens (tertiary/aromatic N) is 3. The molecule has 0 aliphatic heterocycles. The quantitative estimate of drug-likeness (QED) is 0.345. The number of hydrogen-bond acceptors (Lipinski definition) is 5. The number of carboxylic acid groups (broad SMARTS) is 1. The van der Waals surface area contributed by atoms with E-state index in [9.17, 15) is 4.79 Å². The second-order valence-corrected chi connectivity index (χ2v) is 8.26. The molecule has 0 saturated heterocycles. The van der Waals surface area contributed by atoms with Crippen molar-refractivity contribution in [2.45, 2.75) is 33.2 Å². The number of aromatic nitrogens is 3. The Labute approximate surface area is 193 Å². The molecule has 7 nitrogen and oxygen atoms in total. The monoisotopic (exact) mass is 444 g/mol. The van der Waals surface area contributed by atoms with Crippen LogP contribution in [0.1, 0.15) is 28.7 Å². The molecule has 0 radical (unpaired) electrons. The van der Waals surface area contributed by atoms with Crippen molar-refractivity contribution in [1.82, 2.24) is 15.0 Å². The summed E-state index contributed by atoms with van der Waals surface area (Å²) in [6.07, 6.45) is 6.18. The Bertz CT molecular complexity index is 1220. The molecule has 4 rings (SSSR count). The molecule has 0 unspecified atom stereocenters. The molecule has 0 atom stereocenters. The highest BCUT2D eigenvalue weighted by molar-refractivity contribution is 5.88. The zero-order chi connectivity index (χ0) is 23.2. The van der Waals surface area contributed by atoms with Gasteiger partial charge in [0, 0.05) is 42.6 Å². The summed E-state index contributed by atoms with van der Waals surface area (Å²) in [5.74, 6) is 0.577. The van der Waals surface area contributed by atoms with Crippen molar-refractivity contribution in [2.75, 3.05) is 18.1 Å². The second kappa shape index (κ2) is 10.2. The molecule has 7 heteroatoms. The number of hydrogen-bond donors (Lipinski definition) is 2. The van der Waals surface area contributed by atoms with E-state index in [1.807, 2.05) is 37.5 Å². The lowest BCUT2D eigenvalue weighted by atomic mass is 10.1. The lowest BCUT2D eigenvalue weighted by Gasteiger charge is -2.23. The van der Waals surface area contributed by atoms with Crippen LogP contribution in [0.4, 0.5) is 5.95 Å². The third-order valence-corrected chi connectivity index (χ3v) is 5.47. The molecule has 2 aromatic carbocycles. The number of rotatable bonds is 10. The standard InChI is InChI=1S/C26H28N4O3/c1-18-4-6-20(7-5-18)17-30(26-28-14-19(2)15-29-26)10-3-11-33-22-8-9-24-23(13-22)21(16-27-24)12-25(31)32/h4-9,13-16,27H,3,10-12,17H2,1-2H3,(H,31,32). The summed E-state index contributed by atoms with van der Waals surface area (Å²) in [6, 6.07) is 14.2. The zero-order valence-corrected chi connectivity index (χ0v) is 18.9. The number of aliphatic carboxylic acids is 1. The molecule has 0 saturated carbocycles. The summed E-state index contributed by atoms with van der Waals surface area (Å²) in [5.41, 5.74) is 5.12. The first-order valence-electron chi connectivity index (χ1n) is 11.0. The zero-order valence-electron chi connectivity index (χ0n) is 18.9. The van der Waals surface area contributed by atoms with E-state index in [-0.39, 0.29) is 6.42 Å². The molecule has 0 aliphatic carbocycles. The van der Waals surface area contributed by atoms with Crippen molar-refractivity contribution in [1.29, 1.82) is 0 Å². The van der Waals surface area contributed by atoms with Gasteiger partial charge in [-0.2, -0.15) is 0 Å². The van der Waals surface area contributed by atoms with Gasteiger partial charge in [0.2, 0.25) is 5.95 Å². The van der Waals surface area contributed by atoms with Crippen LogP contribution in [0.5, 0.6) is 5.75 Å². The molecular weight excluding hydrogens is 416 g/mol. The molecule has 0 bridgehead atoms. The van der Waals surface area contributed by atoms with E-state index in [1.54, 1.807) is 6.20 Å². The first kappa shape index (κ1) is 22.3. The van der Waals surface area contributed by atoms with E-state index >= 15 is 0 Å². The summed E-state index contributed by atoms with van der Waals surface area (Å²) < 4.78 is 5.99. The first-order chi connectivity index (χ1) is 16.0. The normalized spacial score (nSPS) is 11.0. The van der Waals surface area contributed by atoms with Crippen molar-refractivity contribution >= 4 is 22.8 Å². The van der Waals surface area contributed by atoms with Crippen molar-refractivity contribution in [3.05, 3.63) is 83.3 Å². The Kier molecular flexibility index (Phi) is 6.88. The average molecular weight is 445 g/mol. The molecule has 0 spiro atoms. The number of benzene rings is 2. The lowest BCUT2D eigenvalue weighted by molar-refractivity contribution is -0.136. The predicted octanol–water partition coefficient (Wildman–Crippen LogP) is 4.68. The van der Waals surface area contributed by atoms with Crippen LogP contribution >= 0.6 is 0 Å². The molecule has 2 heterocycles. The molecule has 2 aromatic heterocycles. The Morgan fingerprint density at radius 3 is 2.55 bits per heavy atom. The van der Waals surface area contributed by atoms with Gasteiger partial charge in [0.25, 0.3) is 0 Å². The number of fused-ring (bicyclic) bond motifs is 1. The number of anilines is 1. The van der Waals surface area contributed by atoms with E-state index < -0.39 is 5.97 Å². The molecule has 2 N–H and O–H groups in total. The van der Waals surface area contributed by atoms with Crippen LogP contribution in [0.15, 0.2) is 61.1 Å². The fraction of sp³-hybridized carbons (Fsp3) is 0.269. The van der Waals surface area contributed by atoms with E-state index in [1.165, 1.54) is 11.1 Å². The summed E-state index contributed by atoms with van der Waals surface area (Å²) in [6.45, 7) is 6.05. The Morgan fingerprint density at radius 2 is 1.82 bits per heavy atom. The van der Waals surface area contributed by atoms with Crippen molar-refractivity contribution in [3.63, 3.8) is 0 Å². The predicted molar refractivity (Wildman–Crippen MR) is 129 cm³/mol. The van der Waals surface area contributed by atoms with Gasteiger partial charge in [-0.3, -0.25) is 4.79 Å². The van der Waals surface area contributed by atoms with Crippen LogP contribution in [0, 0.1) is 13.8 Å². The van der Waals surface area contributed by atoms with Crippen LogP contribution in [0.25, 0.3) is 10.9 Å². The van der Waals surface area contributed by atoms with Crippen molar-refractivity contribution in [3.8, 4) is 5.75 Å². The largest absolute Gasteiger partial charge is 0.494 e. The maximum atomic E-state index is 11.1. The number of carboxylic acids is 1. The Morgan fingerprint density at radius 1 is 1.06 bits per heavy atom. The van der Waals surface area contributed by atoms with Gasteiger partial charge in [-0.05, 0) is 55.2 Å². The number of carbonyl (C=O) groups is 1. The van der Waals surface area contributed by atoms with Gasteiger partial charge in [0.15, 0.2) is 0 Å². The highest BCUT2D eigenvalue weighted by Gasteiger charge is 2.12. The molecule has 0 fully saturated rings. The van der Waals surface area contributed by atoms with E-state index in [4.69, 9.17) is 9.84 Å². The Balaban J connectivity index is 1.40. The number of nitrogens with one attached hydrogen (secondary N) is 1. The van der Waals surface area contributed by atoms with Gasteiger partial charge in [0.1, 0.15) is 5.75 Å². The summed E-state index contributed by atoms with van der Waals surface area (Å²) in [5, 5.41) is 9.99. The highest BCUT2D eigenvalue weighted by Crippen LogP contribution is 2.24. The first-order valence-corrected chi connectivity index (χ1v) is 11.0. The molecule has 4 aromatic rings. The third-order valence-electron chi connectivity index (χ3n) is 5.47. The van der Waals surface area contributed by atoms with Crippen LogP contribution in [0.3, 0.4) is 0 Å². The molecule has 33 heavy (non-hydrogen) atoms.